The van der Waals surface area contributed by atoms with E-state index in [4.69, 9.17) is 0 Å². The Balaban J connectivity index is 1.81. The Kier molecular flexibility index (Phi) is 4.29. The maximum Gasteiger partial charge on any atom is 0.257 e. The first-order chi connectivity index (χ1) is 11.5. The predicted molar refractivity (Wildman–Crippen MR) is 85.7 cm³/mol. The van der Waals surface area contributed by atoms with Crippen LogP contribution >= 0.6 is 0 Å². The minimum atomic E-state index is -0.807. The Labute approximate surface area is 138 Å². The van der Waals surface area contributed by atoms with Gasteiger partial charge >= 0.3 is 0 Å². The molecule has 0 saturated carbocycles. The summed E-state index contributed by atoms with van der Waals surface area (Å²) in [5.74, 6) is -2.44. The van der Waals surface area contributed by atoms with Crippen molar-refractivity contribution in [1.29, 1.82) is 0 Å². The zero-order valence-corrected chi connectivity index (χ0v) is 13.1. The highest BCUT2D eigenvalue weighted by Crippen LogP contribution is 2.25. The van der Waals surface area contributed by atoms with E-state index in [9.17, 15) is 18.4 Å². The summed E-state index contributed by atoms with van der Waals surface area (Å²) < 4.78 is 27.1. The quantitative estimate of drug-likeness (QED) is 0.868. The van der Waals surface area contributed by atoms with Crippen molar-refractivity contribution in [2.75, 3.05) is 18.5 Å². The van der Waals surface area contributed by atoms with Gasteiger partial charge in [-0.05, 0) is 36.8 Å². The number of halogens is 2. The first-order valence-corrected chi connectivity index (χ1v) is 7.57. The lowest BCUT2D eigenvalue weighted by molar-refractivity contribution is -0.120. The molecule has 1 aliphatic rings. The van der Waals surface area contributed by atoms with E-state index in [1.54, 1.807) is 4.90 Å². The Hall–Kier alpha value is -2.76. The zero-order valence-electron chi connectivity index (χ0n) is 13.1. The van der Waals surface area contributed by atoms with Gasteiger partial charge < -0.3 is 9.80 Å². The number of para-hydroxylation sites is 1. The molecular weight excluding hydrogens is 314 g/mol. The molecule has 2 aromatic carbocycles. The van der Waals surface area contributed by atoms with Crippen molar-refractivity contribution in [2.24, 2.45) is 0 Å². The molecule has 0 N–H and O–H groups in total. The molecule has 0 radical (unpaired) electrons. The van der Waals surface area contributed by atoms with Crippen LogP contribution in [0.15, 0.2) is 48.5 Å². The van der Waals surface area contributed by atoms with E-state index in [-0.39, 0.29) is 11.5 Å². The SMILES string of the molecule is CN(C(=O)c1cc(F)ccc1F)C1CCN(c2ccccc2)C1=O. The first-order valence-electron chi connectivity index (χ1n) is 7.57. The standard InChI is InChI=1S/C18H16F2N2O2/c1-21(17(23)14-11-12(19)7-8-15(14)20)16-9-10-22(18(16)24)13-5-3-2-4-6-13/h2-8,11,16H,9-10H2,1H3. The molecule has 24 heavy (non-hydrogen) atoms. The third-order valence-corrected chi connectivity index (χ3v) is 4.19. The maximum atomic E-state index is 13.8. The van der Waals surface area contributed by atoms with E-state index in [1.165, 1.54) is 11.9 Å². The van der Waals surface area contributed by atoms with E-state index in [1.807, 2.05) is 30.3 Å². The van der Waals surface area contributed by atoms with Crippen molar-refractivity contribution in [2.45, 2.75) is 12.5 Å². The maximum absolute atomic E-state index is 13.8. The normalized spacial score (nSPS) is 17.2. The zero-order chi connectivity index (χ0) is 17.3. The first kappa shape index (κ1) is 16.1. The molecule has 1 atom stereocenters. The van der Waals surface area contributed by atoms with E-state index in [0.717, 1.165) is 23.9 Å². The van der Waals surface area contributed by atoms with Crippen molar-refractivity contribution in [3.8, 4) is 0 Å². The number of benzene rings is 2. The van der Waals surface area contributed by atoms with E-state index in [2.05, 4.69) is 0 Å². The molecule has 3 rings (SSSR count). The molecule has 1 fully saturated rings. The lowest BCUT2D eigenvalue weighted by Gasteiger charge is -2.24. The molecule has 1 aliphatic heterocycles. The number of anilines is 1. The van der Waals surface area contributed by atoms with Gasteiger partial charge in [0.05, 0.1) is 5.56 Å². The summed E-state index contributed by atoms with van der Waals surface area (Å²) in [5, 5.41) is 0. The second-order valence-electron chi connectivity index (χ2n) is 5.67. The number of likely N-dealkylation sites (N-methyl/N-ethyl adjacent to an activating group) is 1. The Morgan fingerprint density at radius 3 is 2.58 bits per heavy atom. The molecule has 124 valence electrons. The van der Waals surface area contributed by atoms with Crippen LogP contribution in [0.5, 0.6) is 0 Å². The Morgan fingerprint density at radius 2 is 1.88 bits per heavy atom. The highest BCUT2D eigenvalue weighted by Gasteiger charge is 2.37. The van der Waals surface area contributed by atoms with Gasteiger partial charge in [-0.1, -0.05) is 18.2 Å². The molecule has 0 spiro atoms. The van der Waals surface area contributed by atoms with E-state index >= 15 is 0 Å². The van der Waals surface area contributed by atoms with Gasteiger partial charge in [0, 0.05) is 19.3 Å². The second-order valence-corrected chi connectivity index (χ2v) is 5.67. The summed E-state index contributed by atoms with van der Waals surface area (Å²) >= 11 is 0. The summed E-state index contributed by atoms with van der Waals surface area (Å²) in [4.78, 5) is 27.8. The highest BCUT2D eigenvalue weighted by atomic mass is 19.1. The average molecular weight is 330 g/mol. The van der Waals surface area contributed by atoms with Crippen LogP contribution in [0.25, 0.3) is 0 Å². The minimum Gasteiger partial charge on any atom is -0.329 e. The third kappa shape index (κ3) is 2.87. The fraction of sp³-hybridized carbons (Fsp3) is 0.222. The Morgan fingerprint density at radius 1 is 1.17 bits per heavy atom. The van der Waals surface area contributed by atoms with E-state index in [0.29, 0.717) is 13.0 Å². The van der Waals surface area contributed by atoms with Crippen LogP contribution in [0.2, 0.25) is 0 Å². The summed E-state index contributed by atoms with van der Waals surface area (Å²) in [5.41, 5.74) is 0.381. The fourth-order valence-corrected chi connectivity index (χ4v) is 2.88. The van der Waals surface area contributed by atoms with Crippen molar-refractivity contribution in [3.63, 3.8) is 0 Å². The molecule has 4 nitrogen and oxygen atoms in total. The van der Waals surface area contributed by atoms with Crippen molar-refractivity contribution < 1.29 is 18.4 Å². The van der Waals surface area contributed by atoms with Gasteiger partial charge in [0.2, 0.25) is 5.91 Å². The molecular formula is C18H16F2N2O2. The summed E-state index contributed by atoms with van der Waals surface area (Å²) in [7, 11) is 1.43. The van der Waals surface area contributed by atoms with Crippen LogP contribution in [0, 0.1) is 11.6 Å². The minimum absolute atomic E-state index is 0.228. The van der Waals surface area contributed by atoms with Gasteiger partial charge in [-0.25, -0.2) is 8.78 Å². The predicted octanol–water partition coefficient (Wildman–Crippen LogP) is 2.84. The molecule has 1 heterocycles. The number of amides is 2. The molecule has 1 saturated heterocycles. The number of nitrogens with zero attached hydrogens (tertiary/aromatic N) is 2. The number of carbonyl (C=O) groups excluding carboxylic acids is 2. The topological polar surface area (TPSA) is 40.6 Å². The van der Waals surface area contributed by atoms with Crippen LogP contribution in [-0.4, -0.2) is 36.3 Å². The van der Waals surface area contributed by atoms with Crippen LogP contribution < -0.4 is 4.90 Å². The average Bonchev–Trinajstić information content (AvgIpc) is 2.98. The molecule has 0 aliphatic carbocycles. The van der Waals surface area contributed by atoms with Crippen molar-refractivity contribution >= 4 is 17.5 Å². The molecule has 0 aromatic heterocycles. The highest BCUT2D eigenvalue weighted by molar-refractivity contribution is 6.03. The smallest absolute Gasteiger partial charge is 0.257 e. The van der Waals surface area contributed by atoms with Gasteiger partial charge in [0.1, 0.15) is 17.7 Å². The van der Waals surface area contributed by atoms with Gasteiger partial charge in [-0.3, -0.25) is 9.59 Å². The number of hydrogen-bond acceptors (Lipinski definition) is 2. The van der Waals surface area contributed by atoms with Gasteiger partial charge in [0.15, 0.2) is 0 Å². The fourth-order valence-electron chi connectivity index (χ4n) is 2.88. The molecule has 0 bridgehead atoms. The van der Waals surface area contributed by atoms with Crippen molar-refractivity contribution in [3.05, 3.63) is 65.7 Å². The van der Waals surface area contributed by atoms with Crippen LogP contribution in [0.4, 0.5) is 14.5 Å². The summed E-state index contributed by atoms with van der Waals surface area (Å²) in [6.07, 6.45) is 0.437. The van der Waals surface area contributed by atoms with Crippen LogP contribution in [-0.2, 0) is 4.79 Å². The summed E-state index contributed by atoms with van der Waals surface area (Å²) in [6.45, 7) is 0.469. The Bertz CT molecular complexity index is 780. The lowest BCUT2D eigenvalue weighted by Crippen LogP contribution is -2.43. The number of carbonyl (C=O) groups is 2. The molecule has 6 heteroatoms. The summed E-state index contributed by atoms with van der Waals surface area (Å²) in [6, 6.07) is 11.1. The lowest BCUT2D eigenvalue weighted by atomic mass is 10.1. The largest absolute Gasteiger partial charge is 0.329 e. The van der Waals surface area contributed by atoms with Crippen LogP contribution in [0.1, 0.15) is 16.8 Å². The van der Waals surface area contributed by atoms with Crippen LogP contribution in [0.3, 0.4) is 0 Å². The molecule has 2 aromatic rings. The van der Waals surface area contributed by atoms with Gasteiger partial charge in [-0.2, -0.15) is 0 Å². The van der Waals surface area contributed by atoms with Gasteiger partial charge in [-0.15, -0.1) is 0 Å². The van der Waals surface area contributed by atoms with Crippen molar-refractivity contribution in [1.82, 2.24) is 4.90 Å². The van der Waals surface area contributed by atoms with Gasteiger partial charge in [0.25, 0.3) is 5.91 Å². The number of hydrogen-bond donors (Lipinski definition) is 0. The molecule has 1 unspecified atom stereocenters. The number of rotatable bonds is 3. The monoisotopic (exact) mass is 330 g/mol. The van der Waals surface area contributed by atoms with E-state index < -0.39 is 23.6 Å². The molecule has 2 amide bonds. The second kappa shape index (κ2) is 6.39. The third-order valence-electron chi connectivity index (χ3n) is 4.19.